The molecule has 0 fully saturated rings. The first-order valence-electron chi connectivity index (χ1n) is 17.0. The first kappa shape index (κ1) is 33.8. The minimum atomic E-state index is 1.18. The second kappa shape index (κ2) is 16.3. The summed E-state index contributed by atoms with van der Waals surface area (Å²) in [7, 11) is 0. The summed E-state index contributed by atoms with van der Waals surface area (Å²) in [5.41, 5.74) is 9.70. The van der Waals surface area contributed by atoms with Gasteiger partial charge in [-0.3, -0.25) is 0 Å². The fourth-order valence-electron chi connectivity index (χ4n) is 6.01. The van der Waals surface area contributed by atoms with Gasteiger partial charge in [0.2, 0.25) is 0 Å². The molecule has 2 heterocycles. The molecule has 0 saturated carbocycles. The van der Waals surface area contributed by atoms with Crippen LogP contribution in [0.4, 0.5) is 0 Å². The molecule has 8 aromatic rings. The van der Waals surface area contributed by atoms with Crippen LogP contribution in [0.3, 0.4) is 0 Å². The molecule has 0 radical (unpaired) electrons. The maximum absolute atomic E-state index is 2.38. The Hall–Kier alpha value is -5.08. The summed E-state index contributed by atoms with van der Waals surface area (Å²) in [6.07, 6.45) is 0. The van der Waals surface area contributed by atoms with E-state index in [9.17, 15) is 0 Å². The Labute approximate surface area is 275 Å². The molecule has 0 atom stereocenters. The van der Waals surface area contributed by atoms with Gasteiger partial charge in [-0.25, -0.2) is 0 Å². The van der Waals surface area contributed by atoms with Crippen molar-refractivity contribution in [2.75, 3.05) is 0 Å². The average molecular weight is 605 g/mol. The van der Waals surface area contributed by atoms with Crippen LogP contribution >= 0.6 is 0 Å². The van der Waals surface area contributed by atoms with Crippen molar-refractivity contribution in [3.8, 4) is 22.5 Å². The van der Waals surface area contributed by atoms with Gasteiger partial charge in [-0.15, -0.1) is 0 Å². The van der Waals surface area contributed by atoms with Gasteiger partial charge in [0.25, 0.3) is 0 Å². The second-order valence-corrected chi connectivity index (χ2v) is 9.84. The molecule has 0 aliphatic carbocycles. The van der Waals surface area contributed by atoms with Gasteiger partial charge in [0.1, 0.15) is 0 Å². The van der Waals surface area contributed by atoms with Gasteiger partial charge in [-0.2, -0.15) is 0 Å². The molecular formula is C44H48N2. The first-order valence-corrected chi connectivity index (χ1v) is 17.0. The predicted molar refractivity (Wildman–Crippen MR) is 206 cm³/mol. The summed E-state index contributed by atoms with van der Waals surface area (Å²) in [6, 6.07) is 52.5. The van der Waals surface area contributed by atoms with Gasteiger partial charge in [0, 0.05) is 32.9 Å². The van der Waals surface area contributed by atoms with Gasteiger partial charge in [-0.1, -0.05) is 146 Å². The van der Waals surface area contributed by atoms with E-state index in [4.69, 9.17) is 0 Å². The Kier molecular flexibility index (Phi) is 12.0. The average Bonchev–Trinajstić information content (AvgIpc) is 3.68. The number of benzene rings is 6. The maximum atomic E-state index is 2.38. The van der Waals surface area contributed by atoms with Gasteiger partial charge >= 0.3 is 0 Å². The van der Waals surface area contributed by atoms with Crippen LogP contribution < -0.4 is 0 Å². The van der Waals surface area contributed by atoms with Crippen molar-refractivity contribution in [2.24, 2.45) is 0 Å². The van der Waals surface area contributed by atoms with Crippen LogP contribution in [-0.2, 0) is 0 Å². The molecule has 0 N–H and O–H groups in total. The lowest BCUT2D eigenvalue weighted by Gasteiger charge is -2.10. The zero-order valence-electron chi connectivity index (χ0n) is 28.8. The lowest BCUT2D eigenvalue weighted by atomic mass is 10.0. The monoisotopic (exact) mass is 604 g/mol. The van der Waals surface area contributed by atoms with Crippen LogP contribution in [0.1, 0.15) is 55.4 Å². The van der Waals surface area contributed by atoms with Crippen molar-refractivity contribution in [1.29, 1.82) is 0 Å². The van der Waals surface area contributed by atoms with Crippen LogP contribution in [0.15, 0.2) is 146 Å². The van der Waals surface area contributed by atoms with E-state index in [-0.39, 0.29) is 0 Å². The number of nitrogens with zero attached hydrogens (tertiary/aromatic N) is 2. The molecule has 0 amide bonds. The molecule has 6 aromatic carbocycles. The Morgan fingerprint density at radius 1 is 0.283 bits per heavy atom. The van der Waals surface area contributed by atoms with Crippen LogP contribution in [0.25, 0.3) is 66.1 Å². The van der Waals surface area contributed by atoms with E-state index in [1.165, 1.54) is 66.1 Å². The SMILES string of the molecule is CC.CC.CC.CC.c1ccc(-n2c3ccccc3c3cc(-c4ccc5c6ccccc6n(-c6ccccc6)c5c4)ccc32)cc1. The Morgan fingerprint density at radius 2 is 0.652 bits per heavy atom. The van der Waals surface area contributed by atoms with E-state index in [1.54, 1.807) is 0 Å². The Balaban J connectivity index is 0.000000560. The fourth-order valence-corrected chi connectivity index (χ4v) is 6.01. The van der Waals surface area contributed by atoms with Crippen LogP contribution in [0, 0.1) is 0 Å². The third-order valence-electron chi connectivity index (χ3n) is 7.71. The van der Waals surface area contributed by atoms with Crippen LogP contribution in [0.2, 0.25) is 0 Å². The molecule has 2 nitrogen and oxygen atoms in total. The van der Waals surface area contributed by atoms with Crippen molar-refractivity contribution in [3.63, 3.8) is 0 Å². The van der Waals surface area contributed by atoms with Crippen molar-refractivity contribution >= 4 is 43.6 Å². The molecule has 0 unspecified atom stereocenters. The van der Waals surface area contributed by atoms with E-state index in [1.807, 2.05) is 55.4 Å². The summed E-state index contributed by atoms with van der Waals surface area (Å²) in [5.74, 6) is 0. The predicted octanol–water partition coefficient (Wildman–Crippen LogP) is 13.7. The van der Waals surface area contributed by atoms with Crippen molar-refractivity contribution < 1.29 is 0 Å². The number of aromatic nitrogens is 2. The summed E-state index contributed by atoms with van der Waals surface area (Å²) in [6.45, 7) is 16.0. The molecule has 0 aliphatic heterocycles. The Morgan fingerprint density at radius 3 is 1.20 bits per heavy atom. The summed E-state index contributed by atoms with van der Waals surface area (Å²) in [4.78, 5) is 0. The van der Waals surface area contributed by atoms with Crippen molar-refractivity contribution in [3.05, 3.63) is 146 Å². The lowest BCUT2D eigenvalue weighted by molar-refractivity contribution is 1.18. The largest absolute Gasteiger partial charge is 0.309 e. The normalized spacial score (nSPS) is 10.2. The molecule has 2 aromatic heterocycles. The highest BCUT2D eigenvalue weighted by molar-refractivity contribution is 6.12. The van der Waals surface area contributed by atoms with Crippen molar-refractivity contribution in [1.82, 2.24) is 9.13 Å². The van der Waals surface area contributed by atoms with Gasteiger partial charge in [-0.05, 0) is 65.7 Å². The van der Waals surface area contributed by atoms with E-state index in [0.29, 0.717) is 0 Å². The van der Waals surface area contributed by atoms with E-state index < -0.39 is 0 Å². The van der Waals surface area contributed by atoms with Crippen molar-refractivity contribution in [2.45, 2.75) is 55.4 Å². The smallest absolute Gasteiger partial charge is 0.0547 e. The number of hydrogen-bond acceptors (Lipinski definition) is 0. The third kappa shape index (κ3) is 6.21. The highest BCUT2D eigenvalue weighted by Gasteiger charge is 2.15. The molecule has 8 rings (SSSR count). The summed E-state index contributed by atoms with van der Waals surface area (Å²) < 4.78 is 4.75. The van der Waals surface area contributed by atoms with E-state index >= 15 is 0 Å². The van der Waals surface area contributed by atoms with Gasteiger partial charge in [0.15, 0.2) is 0 Å². The summed E-state index contributed by atoms with van der Waals surface area (Å²) >= 11 is 0. The van der Waals surface area contributed by atoms with Crippen LogP contribution in [0.5, 0.6) is 0 Å². The highest BCUT2D eigenvalue weighted by atomic mass is 15.0. The van der Waals surface area contributed by atoms with Gasteiger partial charge < -0.3 is 9.13 Å². The van der Waals surface area contributed by atoms with E-state index in [2.05, 4.69) is 155 Å². The van der Waals surface area contributed by atoms with Gasteiger partial charge in [0.05, 0.1) is 22.1 Å². The number of para-hydroxylation sites is 4. The molecule has 0 bridgehead atoms. The molecule has 0 saturated heterocycles. The quantitative estimate of drug-likeness (QED) is 0.190. The highest BCUT2D eigenvalue weighted by Crippen LogP contribution is 2.37. The molecule has 2 heteroatoms. The Bertz CT molecular complexity index is 2110. The molecule has 0 spiro atoms. The zero-order chi connectivity index (χ0) is 33.1. The molecule has 234 valence electrons. The lowest BCUT2D eigenvalue weighted by Crippen LogP contribution is -1.93. The number of rotatable bonds is 3. The maximum Gasteiger partial charge on any atom is 0.0547 e. The fraction of sp³-hybridized carbons (Fsp3) is 0.182. The number of fused-ring (bicyclic) bond motifs is 6. The first-order chi connectivity index (χ1) is 22.9. The molecule has 46 heavy (non-hydrogen) atoms. The number of hydrogen-bond donors (Lipinski definition) is 0. The minimum absolute atomic E-state index is 1.18. The topological polar surface area (TPSA) is 9.86 Å². The van der Waals surface area contributed by atoms with E-state index in [0.717, 1.165) is 0 Å². The standard InChI is InChI=1S/C36H24N2.4C2H6/c1-3-11-27(12-4-1)37-34-18-10-8-16-30(34)32-23-25(20-22-35(32)37)26-19-21-31-29-15-7-9-17-33(29)38(36(31)24-26)28-13-5-2-6-14-28;4*1-2/h1-24H;4*1-2H3. The minimum Gasteiger partial charge on any atom is -0.309 e. The second-order valence-electron chi connectivity index (χ2n) is 9.84. The van der Waals surface area contributed by atoms with Crippen LogP contribution in [-0.4, -0.2) is 9.13 Å². The third-order valence-corrected chi connectivity index (χ3v) is 7.71. The zero-order valence-corrected chi connectivity index (χ0v) is 28.8. The molecule has 0 aliphatic rings. The molecular weight excluding hydrogens is 556 g/mol. The summed E-state index contributed by atoms with van der Waals surface area (Å²) in [5, 5.41) is 5.09.